The summed E-state index contributed by atoms with van der Waals surface area (Å²) < 4.78 is 1.18. The number of carbonyl (C=O) groups is 1. The lowest BCUT2D eigenvalue weighted by Crippen LogP contribution is -2.44. The number of hydrogen-bond acceptors (Lipinski definition) is 4. The van der Waals surface area contributed by atoms with Crippen LogP contribution in [-0.2, 0) is 11.2 Å². The van der Waals surface area contributed by atoms with E-state index < -0.39 is 6.04 Å². The smallest absolute Gasteiger partial charge is 0.237 e. The maximum atomic E-state index is 11.7. The van der Waals surface area contributed by atoms with Gasteiger partial charge in [0.2, 0.25) is 5.91 Å². The summed E-state index contributed by atoms with van der Waals surface area (Å²) in [6.45, 7) is 4.47. The molecule has 0 saturated carbocycles. The third kappa shape index (κ3) is 4.16. The van der Waals surface area contributed by atoms with Crippen LogP contribution < -0.4 is 11.1 Å². The molecule has 0 bridgehead atoms. The first-order valence-electron chi connectivity index (χ1n) is 6.45. The van der Waals surface area contributed by atoms with Gasteiger partial charge in [-0.25, -0.2) is 4.98 Å². The number of halogens is 1. The topological polar surface area (TPSA) is 68.0 Å². The van der Waals surface area contributed by atoms with E-state index in [0.29, 0.717) is 6.54 Å². The van der Waals surface area contributed by atoms with Crippen molar-refractivity contribution in [3.8, 4) is 0 Å². The van der Waals surface area contributed by atoms with Gasteiger partial charge in [0.15, 0.2) is 0 Å². The average Bonchev–Trinajstić information content (AvgIpc) is 2.80. The molecule has 6 heteroatoms. The molecule has 1 amide bonds. The van der Waals surface area contributed by atoms with E-state index in [-0.39, 0.29) is 24.2 Å². The first-order valence-corrected chi connectivity index (χ1v) is 7.27. The summed E-state index contributed by atoms with van der Waals surface area (Å²) in [5.74, 6) is 0.0681. The zero-order chi connectivity index (χ0) is 13.8. The molecule has 1 aromatic carbocycles. The monoisotopic (exact) mass is 313 g/mol. The highest BCUT2D eigenvalue weighted by atomic mass is 35.5. The minimum atomic E-state index is -0.435. The number of thiazole rings is 1. The summed E-state index contributed by atoms with van der Waals surface area (Å²) >= 11 is 1.67. The summed E-state index contributed by atoms with van der Waals surface area (Å²) in [4.78, 5) is 16.2. The lowest BCUT2D eigenvalue weighted by molar-refractivity contribution is -0.123. The number of carbonyl (C=O) groups excluding carboxylic acids is 1. The molecular formula is C14H20ClN3OS. The molecule has 4 nitrogen and oxygen atoms in total. The molecule has 0 spiro atoms. The van der Waals surface area contributed by atoms with E-state index in [1.165, 1.54) is 4.70 Å². The largest absolute Gasteiger partial charge is 0.354 e. The Kier molecular flexibility index (Phi) is 6.39. The Morgan fingerprint density at radius 1 is 1.40 bits per heavy atom. The Bertz CT molecular complexity index is 537. The van der Waals surface area contributed by atoms with Gasteiger partial charge in [-0.1, -0.05) is 26.0 Å². The Balaban J connectivity index is 0.00000200. The van der Waals surface area contributed by atoms with Gasteiger partial charge in [-0.2, -0.15) is 0 Å². The molecule has 0 radical (unpaired) electrons. The van der Waals surface area contributed by atoms with Gasteiger partial charge in [-0.3, -0.25) is 4.79 Å². The molecule has 0 aliphatic carbocycles. The molecule has 0 aliphatic heterocycles. The number of para-hydroxylation sites is 1. The number of nitrogens with zero attached hydrogens (tertiary/aromatic N) is 1. The maximum absolute atomic E-state index is 11.7. The van der Waals surface area contributed by atoms with Crippen molar-refractivity contribution < 1.29 is 4.79 Å². The Morgan fingerprint density at radius 2 is 2.10 bits per heavy atom. The first kappa shape index (κ1) is 16.9. The predicted octanol–water partition coefficient (Wildman–Crippen LogP) is 2.36. The zero-order valence-electron chi connectivity index (χ0n) is 11.6. The van der Waals surface area contributed by atoms with Gasteiger partial charge >= 0.3 is 0 Å². The van der Waals surface area contributed by atoms with Crippen molar-refractivity contribution in [1.82, 2.24) is 10.3 Å². The fourth-order valence-electron chi connectivity index (χ4n) is 1.74. The van der Waals surface area contributed by atoms with Crippen molar-refractivity contribution >= 4 is 39.9 Å². The number of fused-ring (bicyclic) bond motifs is 1. The zero-order valence-corrected chi connectivity index (χ0v) is 13.3. The van der Waals surface area contributed by atoms with Crippen LogP contribution in [0.2, 0.25) is 0 Å². The van der Waals surface area contributed by atoms with Crippen LogP contribution in [0.5, 0.6) is 0 Å². The molecule has 0 unspecified atom stereocenters. The van der Waals surface area contributed by atoms with Crippen LogP contribution in [0.25, 0.3) is 10.2 Å². The van der Waals surface area contributed by atoms with Gasteiger partial charge in [-0.15, -0.1) is 23.7 Å². The summed E-state index contributed by atoms with van der Waals surface area (Å²) in [6, 6.07) is 7.62. The average molecular weight is 314 g/mol. The van der Waals surface area contributed by atoms with Gasteiger partial charge in [0.1, 0.15) is 0 Å². The molecule has 20 heavy (non-hydrogen) atoms. The van der Waals surface area contributed by atoms with E-state index in [1.54, 1.807) is 11.3 Å². The summed E-state index contributed by atoms with van der Waals surface area (Å²) in [7, 11) is 0. The van der Waals surface area contributed by atoms with Crippen molar-refractivity contribution in [2.45, 2.75) is 26.3 Å². The molecule has 110 valence electrons. The maximum Gasteiger partial charge on any atom is 0.237 e. The standard InChI is InChI=1S/C14H19N3OS.ClH/c1-9(2)13(15)14(18)16-8-7-12-17-10-5-3-4-6-11(10)19-12;/h3-6,9,13H,7-8,15H2,1-2H3,(H,16,18);1H/t13-;/m0./s1. The second kappa shape index (κ2) is 7.57. The number of hydrogen-bond donors (Lipinski definition) is 2. The SMILES string of the molecule is CC(C)[C@H](N)C(=O)NCCc1nc2ccccc2s1.Cl. The van der Waals surface area contributed by atoms with Crippen LogP contribution in [0.4, 0.5) is 0 Å². The van der Waals surface area contributed by atoms with Gasteiger partial charge < -0.3 is 11.1 Å². The number of amides is 1. The number of rotatable bonds is 5. The summed E-state index contributed by atoms with van der Waals surface area (Å²) in [6.07, 6.45) is 0.746. The van der Waals surface area contributed by atoms with Crippen LogP contribution in [0.15, 0.2) is 24.3 Å². The van der Waals surface area contributed by atoms with E-state index in [9.17, 15) is 4.79 Å². The number of nitrogens with one attached hydrogen (secondary N) is 1. The molecule has 2 rings (SSSR count). The van der Waals surface area contributed by atoms with Crippen molar-refractivity contribution in [3.63, 3.8) is 0 Å². The van der Waals surface area contributed by atoms with E-state index in [0.717, 1.165) is 16.9 Å². The number of nitrogens with two attached hydrogens (primary N) is 1. The summed E-state index contributed by atoms with van der Waals surface area (Å²) in [5, 5.41) is 3.90. The van der Waals surface area contributed by atoms with Crippen molar-refractivity contribution in [1.29, 1.82) is 0 Å². The van der Waals surface area contributed by atoms with E-state index in [4.69, 9.17) is 5.73 Å². The fraction of sp³-hybridized carbons (Fsp3) is 0.429. The quantitative estimate of drug-likeness (QED) is 0.890. The molecular weight excluding hydrogens is 294 g/mol. The molecule has 2 aromatic rings. The van der Waals surface area contributed by atoms with Crippen molar-refractivity contribution in [2.75, 3.05) is 6.54 Å². The van der Waals surface area contributed by atoms with Crippen LogP contribution >= 0.6 is 23.7 Å². The Labute approximate surface area is 129 Å². The van der Waals surface area contributed by atoms with Crippen LogP contribution in [0, 0.1) is 5.92 Å². The third-order valence-electron chi connectivity index (χ3n) is 3.00. The molecule has 0 fully saturated rings. The molecule has 1 aromatic heterocycles. The summed E-state index contributed by atoms with van der Waals surface area (Å²) in [5.41, 5.74) is 6.80. The number of aromatic nitrogens is 1. The van der Waals surface area contributed by atoms with Gasteiger partial charge in [0, 0.05) is 13.0 Å². The van der Waals surface area contributed by atoms with Gasteiger partial charge in [0.25, 0.3) is 0 Å². The second-order valence-corrected chi connectivity index (χ2v) is 6.00. The van der Waals surface area contributed by atoms with Crippen molar-refractivity contribution in [3.05, 3.63) is 29.3 Å². The highest BCUT2D eigenvalue weighted by molar-refractivity contribution is 7.18. The first-order chi connectivity index (χ1) is 9.08. The third-order valence-corrected chi connectivity index (χ3v) is 4.09. The normalized spacial score (nSPS) is 12.2. The second-order valence-electron chi connectivity index (χ2n) is 4.89. The van der Waals surface area contributed by atoms with Crippen LogP contribution in [0.3, 0.4) is 0 Å². The van der Waals surface area contributed by atoms with Gasteiger partial charge in [-0.05, 0) is 18.1 Å². The van der Waals surface area contributed by atoms with E-state index >= 15 is 0 Å². The Morgan fingerprint density at radius 3 is 2.75 bits per heavy atom. The molecule has 3 N–H and O–H groups in total. The lowest BCUT2D eigenvalue weighted by Gasteiger charge is -2.14. The van der Waals surface area contributed by atoms with E-state index in [2.05, 4.69) is 16.4 Å². The van der Waals surface area contributed by atoms with Gasteiger partial charge in [0.05, 0.1) is 21.3 Å². The lowest BCUT2D eigenvalue weighted by atomic mass is 10.1. The predicted molar refractivity (Wildman–Crippen MR) is 86.4 cm³/mol. The molecule has 1 heterocycles. The van der Waals surface area contributed by atoms with Crippen LogP contribution in [0.1, 0.15) is 18.9 Å². The fourth-order valence-corrected chi connectivity index (χ4v) is 2.71. The minimum Gasteiger partial charge on any atom is -0.354 e. The molecule has 0 aliphatic rings. The molecule has 1 atom stereocenters. The highest BCUT2D eigenvalue weighted by Gasteiger charge is 2.16. The molecule has 0 saturated heterocycles. The van der Waals surface area contributed by atoms with E-state index in [1.807, 2.05) is 32.0 Å². The van der Waals surface area contributed by atoms with Crippen LogP contribution in [-0.4, -0.2) is 23.5 Å². The highest BCUT2D eigenvalue weighted by Crippen LogP contribution is 2.21. The Hall–Kier alpha value is -1.17. The number of benzene rings is 1. The minimum absolute atomic E-state index is 0. The van der Waals surface area contributed by atoms with Crippen molar-refractivity contribution in [2.24, 2.45) is 11.7 Å².